The Kier molecular flexibility index (Phi) is 5.19. The zero-order valence-corrected chi connectivity index (χ0v) is 9.92. The van der Waals surface area contributed by atoms with Crippen LogP contribution in [-0.2, 0) is 11.2 Å². The summed E-state index contributed by atoms with van der Waals surface area (Å²) in [4.78, 5) is 0. The fraction of sp³-hybridized carbons (Fsp3) is 0.538. The van der Waals surface area contributed by atoms with Gasteiger partial charge in [-0.15, -0.1) is 0 Å². The zero-order valence-electron chi connectivity index (χ0n) is 9.92. The Bertz CT molecular complexity index is 266. The van der Waals surface area contributed by atoms with Crippen molar-refractivity contribution in [3.8, 4) is 0 Å². The van der Waals surface area contributed by atoms with Crippen molar-refractivity contribution in [2.75, 3.05) is 25.6 Å². The van der Waals surface area contributed by atoms with Gasteiger partial charge in [0, 0.05) is 19.3 Å². The van der Waals surface area contributed by atoms with Gasteiger partial charge in [-0.3, -0.25) is 0 Å². The highest BCUT2D eigenvalue weighted by atomic mass is 16.5. The van der Waals surface area contributed by atoms with E-state index in [0.717, 1.165) is 25.5 Å². The molecule has 0 radical (unpaired) electrons. The van der Waals surface area contributed by atoms with E-state index < -0.39 is 0 Å². The summed E-state index contributed by atoms with van der Waals surface area (Å²) in [7, 11) is 1.72. The quantitative estimate of drug-likeness (QED) is 0.724. The molecule has 15 heavy (non-hydrogen) atoms. The predicted molar refractivity (Wildman–Crippen MR) is 65.3 cm³/mol. The van der Waals surface area contributed by atoms with Gasteiger partial charge in [-0.2, -0.15) is 0 Å². The van der Waals surface area contributed by atoms with Crippen LogP contribution in [0.5, 0.6) is 0 Å². The molecule has 1 rings (SSSR count). The Balaban J connectivity index is 2.42. The van der Waals surface area contributed by atoms with Crippen LogP contribution in [0.15, 0.2) is 24.3 Å². The molecular weight excluding hydrogens is 186 g/mol. The van der Waals surface area contributed by atoms with Crippen molar-refractivity contribution in [3.05, 3.63) is 29.8 Å². The molecule has 0 aliphatic heterocycles. The first-order valence-corrected chi connectivity index (χ1v) is 5.54. The molecule has 1 aromatic carbocycles. The van der Waals surface area contributed by atoms with Gasteiger partial charge in [0.2, 0.25) is 0 Å². The number of hydrogen-bond donors (Lipinski definition) is 1. The van der Waals surface area contributed by atoms with Crippen molar-refractivity contribution in [2.24, 2.45) is 5.92 Å². The van der Waals surface area contributed by atoms with Gasteiger partial charge in [0.15, 0.2) is 0 Å². The van der Waals surface area contributed by atoms with Crippen LogP contribution in [0.1, 0.15) is 19.4 Å². The largest absolute Gasteiger partial charge is 0.383 e. The second-order valence-electron chi connectivity index (χ2n) is 4.21. The Labute approximate surface area is 92.6 Å². The van der Waals surface area contributed by atoms with E-state index in [1.54, 1.807) is 7.11 Å². The fourth-order valence-electron chi connectivity index (χ4n) is 1.53. The van der Waals surface area contributed by atoms with Crippen LogP contribution < -0.4 is 5.32 Å². The van der Waals surface area contributed by atoms with Crippen molar-refractivity contribution < 1.29 is 4.74 Å². The summed E-state index contributed by atoms with van der Waals surface area (Å²) < 4.78 is 4.98. The predicted octanol–water partition coefficient (Wildman–Crippen LogP) is 2.94. The summed E-state index contributed by atoms with van der Waals surface area (Å²) in [6.07, 6.45) is 1.15. The molecule has 0 saturated carbocycles. The lowest BCUT2D eigenvalue weighted by atomic mass is 10.0. The maximum absolute atomic E-state index is 4.98. The smallest absolute Gasteiger partial charge is 0.0635 e. The molecule has 0 amide bonds. The fourth-order valence-corrected chi connectivity index (χ4v) is 1.53. The summed E-state index contributed by atoms with van der Waals surface area (Å²) in [5, 5.41) is 3.30. The highest BCUT2D eigenvalue weighted by Gasteiger charge is 1.97. The second-order valence-corrected chi connectivity index (χ2v) is 4.21. The summed E-state index contributed by atoms with van der Waals surface area (Å²) in [6, 6.07) is 8.64. The van der Waals surface area contributed by atoms with Gasteiger partial charge < -0.3 is 10.1 Å². The minimum absolute atomic E-state index is 0.720. The van der Waals surface area contributed by atoms with E-state index in [2.05, 4.69) is 43.4 Å². The highest BCUT2D eigenvalue weighted by Crippen LogP contribution is 2.12. The van der Waals surface area contributed by atoms with Crippen LogP contribution in [0.2, 0.25) is 0 Å². The van der Waals surface area contributed by atoms with Crippen LogP contribution >= 0.6 is 0 Å². The van der Waals surface area contributed by atoms with Crippen LogP contribution in [0, 0.1) is 5.92 Å². The summed E-state index contributed by atoms with van der Waals surface area (Å²) >= 11 is 0. The van der Waals surface area contributed by atoms with E-state index in [0.29, 0.717) is 0 Å². The van der Waals surface area contributed by atoms with E-state index in [1.165, 1.54) is 11.3 Å². The van der Waals surface area contributed by atoms with Gasteiger partial charge in [-0.1, -0.05) is 26.0 Å². The molecule has 0 fully saturated rings. The Hall–Kier alpha value is -1.02. The average Bonchev–Trinajstić information content (AvgIpc) is 2.20. The zero-order chi connectivity index (χ0) is 11.1. The number of ether oxygens (including phenoxy) is 1. The van der Waals surface area contributed by atoms with Crippen LogP contribution in [-0.4, -0.2) is 20.3 Å². The van der Waals surface area contributed by atoms with E-state index in [1.807, 2.05) is 0 Å². The van der Waals surface area contributed by atoms with Crippen LogP contribution in [0.25, 0.3) is 0 Å². The van der Waals surface area contributed by atoms with Crippen molar-refractivity contribution in [3.63, 3.8) is 0 Å². The molecule has 1 aromatic rings. The molecule has 0 bridgehead atoms. The van der Waals surface area contributed by atoms with E-state index in [-0.39, 0.29) is 0 Å². The van der Waals surface area contributed by atoms with Crippen LogP contribution in [0.4, 0.5) is 5.69 Å². The molecule has 0 saturated heterocycles. The van der Waals surface area contributed by atoms with Gasteiger partial charge in [0.25, 0.3) is 0 Å². The molecule has 0 heterocycles. The molecule has 0 atom stereocenters. The van der Waals surface area contributed by atoms with Crippen molar-refractivity contribution in [1.82, 2.24) is 0 Å². The monoisotopic (exact) mass is 207 g/mol. The topological polar surface area (TPSA) is 21.3 Å². The van der Waals surface area contributed by atoms with Gasteiger partial charge in [0.1, 0.15) is 0 Å². The minimum Gasteiger partial charge on any atom is -0.383 e. The maximum Gasteiger partial charge on any atom is 0.0635 e. The maximum atomic E-state index is 4.98. The number of anilines is 1. The van der Waals surface area contributed by atoms with Crippen molar-refractivity contribution >= 4 is 5.69 Å². The first kappa shape index (κ1) is 12.1. The normalized spacial score (nSPS) is 10.7. The molecular formula is C13H21NO. The molecule has 0 unspecified atom stereocenters. The lowest BCUT2D eigenvalue weighted by molar-refractivity contribution is 0.211. The highest BCUT2D eigenvalue weighted by molar-refractivity contribution is 5.44. The first-order chi connectivity index (χ1) is 7.22. The van der Waals surface area contributed by atoms with Gasteiger partial charge in [-0.05, 0) is 30.0 Å². The number of methoxy groups -OCH3 is 1. The lowest BCUT2D eigenvalue weighted by Crippen LogP contribution is -2.07. The summed E-state index contributed by atoms with van der Waals surface area (Å²) in [5.74, 6) is 0.720. The summed E-state index contributed by atoms with van der Waals surface area (Å²) in [5.41, 5.74) is 2.57. The van der Waals surface area contributed by atoms with Crippen molar-refractivity contribution in [1.29, 1.82) is 0 Å². The molecule has 2 nitrogen and oxygen atoms in total. The lowest BCUT2D eigenvalue weighted by Gasteiger charge is -2.08. The van der Waals surface area contributed by atoms with Crippen molar-refractivity contribution in [2.45, 2.75) is 20.3 Å². The number of hydrogen-bond acceptors (Lipinski definition) is 2. The number of rotatable bonds is 6. The van der Waals surface area contributed by atoms with Crippen LogP contribution in [0.3, 0.4) is 0 Å². The third-order valence-corrected chi connectivity index (χ3v) is 2.23. The third-order valence-electron chi connectivity index (χ3n) is 2.23. The van der Waals surface area contributed by atoms with Gasteiger partial charge in [0.05, 0.1) is 6.61 Å². The molecule has 0 aliphatic carbocycles. The van der Waals surface area contributed by atoms with Gasteiger partial charge in [-0.25, -0.2) is 0 Å². The SMILES string of the molecule is COCCNc1ccc(CC(C)C)cc1. The Morgan fingerprint density at radius 3 is 2.40 bits per heavy atom. The first-order valence-electron chi connectivity index (χ1n) is 5.54. The van der Waals surface area contributed by atoms with Gasteiger partial charge >= 0.3 is 0 Å². The standard InChI is InChI=1S/C13H21NO/c1-11(2)10-12-4-6-13(7-5-12)14-8-9-15-3/h4-7,11,14H,8-10H2,1-3H3. The third kappa shape index (κ3) is 4.84. The molecule has 1 N–H and O–H groups in total. The van der Waals surface area contributed by atoms with E-state index in [9.17, 15) is 0 Å². The van der Waals surface area contributed by atoms with E-state index in [4.69, 9.17) is 4.74 Å². The Morgan fingerprint density at radius 1 is 1.20 bits per heavy atom. The minimum atomic E-state index is 0.720. The Morgan fingerprint density at radius 2 is 1.87 bits per heavy atom. The van der Waals surface area contributed by atoms with E-state index >= 15 is 0 Å². The molecule has 2 heteroatoms. The second kappa shape index (κ2) is 6.46. The molecule has 0 spiro atoms. The summed E-state index contributed by atoms with van der Waals surface area (Å²) in [6.45, 7) is 6.09. The molecule has 0 aromatic heterocycles. The average molecular weight is 207 g/mol. The molecule has 0 aliphatic rings. The molecule has 84 valence electrons. The number of nitrogens with one attached hydrogen (secondary N) is 1. The number of benzene rings is 1.